The van der Waals surface area contributed by atoms with Gasteiger partial charge in [-0.2, -0.15) is 0 Å². The van der Waals surface area contributed by atoms with Gasteiger partial charge in [0.15, 0.2) is 5.78 Å². The Morgan fingerprint density at radius 3 is 1.96 bits per heavy atom. The highest BCUT2D eigenvalue weighted by Crippen LogP contribution is 2.31. The van der Waals surface area contributed by atoms with Crippen LogP contribution in [0, 0.1) is 23.7 Å². The number of carbonyl (C=O) groups excluding carboxylic acids is 5. The topological polar surface area (TPSA) is 156 Å². The molecule has 0 aromatic heterocycles. The number of amides is 4. The van der Waals surface area contributed by atoms with Crippen LogP contribution in [0.4, 0.5) is 0 Å². The number of nitrogens with one attached hydrogen (secondary N) is 3. The monoisotopic (exact) mass is 745 g/mol. The maximum Gasteiger partial charge on any atom is 0.245 e. The third-order valence-corrected chi connectivity index (χ3v) is 10.9. The molecule has 1 aromatic rings. The van der Waals surface area contributed by atoms with E-state index in [-0.39, 0.29) is 59.7 Å². The minimum Gasteiger partial charge on any atom is -0.380 e. The van der Waals surface area contributed by atoms with Gasteiger partial charge >= 0.3 is 0 Å². The number of Topliss-reactive ketones (excluding diaryl/α,β-unsaturated/α-hetero) is 1. The summed E-state index contributed by atoms with van der Waals surface area (Å²) < 4.78 is 17.6. The summed E-state index contributed by atoms with van der Waals surface area (Å²) in [5.41, 5.74) is 0.500. The fraction of sp³-hybridized carbons (Fsp3) is 0.725. The fourth-order valence-electron chi connectivity index (χ4n) is 7.46. The Bertz CT molecular complexity index is 1340. The second kappa shape index (κ2) is 21.5. The molecular weight excluding hydrogens is 678 g/mol. The SMILES string of the molecule is CCC(C)[C@@H]([C@H](CC(=O)N1C[C@H](OC)C[C@H]1[C@H](OC)[C@@H](C)C(=O)N[C@@H](C)C(=O)c1ccccc1)OC)N(C)C(=O)[C@@H](NC(=O)[C@@H](NC)C(C)C)C(C)C. The normalized spacial score (nSPS) is 20.5. The van der Waals surface area contributed by atoms with E-state index in [0.29, 0.717) is 24.9 Å². The van der Waals surface area contributed by atoms with Crippen molar-refractivity contribution in [2.45, 2.75) is 123 Å². The van der Waals surface area contributed by atoms with E-state index < -0.39 is 48.3 Å². The van der Waals surface area contributed by atoms with Gasteiger partial charge in [-0.3, -0.25) is 24.0 Å². The highest BCUT2D eigenvalue weighted by atomic mass is 16.5. The lowest BCUT2D eigenvalue weighted by atomic mass is 9.89. The molecule has 0 radical (unpaired) electrons. The molecule has 2 rings (SSSR count). The van der Waals surface area contributed by atoms with Crippen molar-refractivity contribution in [3.8, 4) is 0 Å². The van der Waals surface area contributed by atoms with Gasteiger partial charge in [-0.05, 0) is 38.1 Å². The maximum absolute atomic E-state index is 14.3. The summed E-state index contributed by atoms with van der Waals surface area (Å²) in [6.45, 7) is 15.4. The van der Waals surface area contributed by atoms with E-state index in [4.69, 9.17) is 14.2 Å². The van der Waals surface area contributed by atoms with Crippen LogP contribution in [0.2, 0.25) is 0 Å². The molecular formula is C40H67N5O8. The Labute approximate surface area is 317 Å². The van der Waals surface area contributed by atoms with E-state index in [9.17, 15) is 24.0 Å². The van der Waals surface area contributed by atoms with Crippen molar-refractivity contribution in [1.29, 1.82) is 0 Å². The van der Waals surface area contributed by atoms with Crippen LogP contribution >= 0.6 is 0 Å². The van der Waals surface area contributed by atoms with E-state index >= 15 is 0 Å². The summed E-state index contributed by atoms with van der Waals surface area (Å²) in [6, 6.07) is 5.78. The third-order valence-electron chi connectivity index (χ3n) is 10.9. The molecule has 0 spiro atoms. The Kier molecular flexibility index (Phi) is 18.6. The third kappa shape index (κ3) is 11.8. The van der Waals surface area contributed by atoms with E-state index in [2.05, 4.69) is 16.0 Å². The fourth-order valence-corrected chi connectivity index (χ4v) is 7.46. The number of methoxy groups -OCH3 is 3. The number of hydrogen-bond acceptors (Lipinski definition) is 9. The predicted molar refractivity (Wildman–Crippen MR) is 205 cm³/mol. The average Bonchev–Trinajstić information content (AvgIpc) is 3.57. The first kappa shape index (κ1) is 45.8. The van der Waals surface area contributed by atoms with Crippen LogP contribution < -0.4 is 16.0 Å². The van der Waals surface area contributed by atoms with Gasteiger partial charge in [0, 0.05) is 40.5 Å². The highest BCUT2D eigenvalue weighted by Gasteiger charge is 2.46. The van der Waals surface area contributed by atoms with Gasteiger partial charge in [-0.25, -0.2) is 0 Å². The smallest absolute Gasteiger partial charge is 0.245 e. The summed E-state index contributed by atoms with van der Waals surface area (Å²) in [5, 5.41) is 8.86. The zero-order chi connectivity index (χ0) is 40.2. The molecule has 3 N–H and O–H groups in total. The minimum atomic E-state index is -0.784. The van der Waals surface area contributed by atoms with E-state index in [1.165, 1.54) is 14.2 Å². The molecule has 0 saturated carbocycles. The molecule has 4 amide bonds. The highest BCUT2D eigenvalue weighted by molar-refractivity contribution is 6.01. The summed E-state index contributed by atoms with van der Waals surface area (Å²) in [6.07, 6.45) is -0.536. The molecule has 1 fully saturated rings. The lowest BCUT2D eigenvalue weighted by molar-refractivity contribution is -0.148. The molecule has 13 heteroatoms. The lowest BCUT2D eigenvalue weighted by Crippen LogP contribution is -2.59. The number of benzene rings is 1. The molecule has 13 nitrogen and oxygen atoms in total. The van der Waals surface area contributed by atoms with Crippen molar-refractivity contribution in [2.24, 2.45) is 23.7 Å². The maximum atomic E-state index is 14.3. The van der Waals surface area contributed by atoms with Gasteiger partial charge in [0.05, 0.1) is 54.8 Å². The Morgan fingerprint density at radius 1 is 0.868 bits per heavy atom. The van der Waals surface area contributed by atoms with Gasteiger partial charge in [0.1, 0.15) is 6.04 Å². The van der Waals surface area contributed by atoms with Gasteiger partial charge < -0.3 is 40.0 Å². The summed E-state index contributed by atoms with van der Waals surface area (Å²) in [5.74, 6) is -2.24. The van der Waals surface area contributed by atoms with Crippen LogP contribution in [0.5, 0.6) is 0 Å². The Hall–Kier alpha value is -3.39. The number of nitrogens with zero attached hydrogens (tertiary/aromatic N) is 2. The number of likely N-dealkylation sites (tertiary alicyclic amines) is 1. The standard InChI is InChI=1S/C40H67N5O8/c1-14-25(6)35(44(10)40(50)34(24(4)5)43-39(49)33(41-9)23(2)3)31(52-12)21-32(46)45-22-29(51-11)20-30(45)37(53-13)26(7)38(48)42-27(8)36(47)28-18-16-15-17-19-28/h15-19,23-27,29-31,33-35,37,41H,14,20-22H2,1-13H3,(H,42,48)(H,43,49)/t25?,26-,27+,29-,30+,31+,33+,34+,35+,37-/m1/s1. The number of rotatable bonds is 21. The van der Waals surface area contributed by atoms with Crippen molar-refractivity contribution in [2.75, 3.05) is 42.0 Å². The summed E-state index contributed by atoms with van der Waals surface area (Å²) in [7, 11) is 8.07. The molecule has 1 aliphatic heterocycles. The molecule has 10 atom stereocenters. The Morgan fingerprint density at radius 2 is 1.47 bits per heavy atom. The molecule has 53 heavy (non-hydrogen) atoms. The summed E-state index contributed by atoms with van der Waals surface area (Å²) >= 11 is 0. The largest absolute Gasteiger partial charge is 0.380 e. The van der Waals surface area contributed by atoms with Crippen molar-refractivity contribution < 1.29 is 38.2 Å². The molecule has 0 bridgehead atoms. The lowest BCUT2D eigenvalue weighted by Gasteiger charge is -2.41. The van der Waals surface area contributed by atoms with Gasteiger partial charge in [-0.15, -0.1) is 0 Å². The van der Waals surface area contributed by atoms with Gasteiger partial charge in [0.25, 0.3) is 0 Å². The number of ketones is 1. The number of carbonyl (C=O) groups is 5. The van der Waals surface area contributed by atoms with Crippen molar-refractivity contribution in [3.63, 3.8) is 0 Å². The van der Waals surface area contributed by atoms with Crippen LogP contribution in [-0.2, 0) is 33.4 Å². The predicted octanol–water partition coefficient (Wildman–Crippen LogP) is 3.30. The minimum absolute atomic E-state index is 0.0204. The van der Waals surface area contributed by atoms with Crippen molar-refractivity contribution in [3.05, 3.63) is 35.9 Å². The molecule has 0 aliphatic carbocycles. The van der Waals surface area contributed by atoms with Crippen LogP contribution in [0.3, 0.4) is 0 Å². The van der Waals surface area contributed by atoms with E-state index in [1.807, 2.05) is 47.6 Å². The first-order chi connectivity index (χ1) is 25.0. The quantitative estimate of drug-likeness (QED) is 0.161. The van der Waals surface area contributed by atoms with Gasteiger partial charge in [0.2, 0.25) is 23.6 Å². The average molecular weight is 746 g/mol. The Balaban J connectivity index is 2.32. The second-order valence-electron chi connectivity index (χ2n) is 15.2. The zero-order valence-corrected chi connectivity index (χ0v) is 34.3. The van der Waals surface area contributed by atoms with Crippen LogP contribution in [0.1, 0.15) is 85.0 Å². The molecule has 1 aromatic carbocycles. The van der Waals surface area contributed by atoms with Crippen molar-refractivity contribution in [1.82, 2.24) is 25.8 Å². The molecule has 1 saturated heterocycles. The van der Waals surface area contributed by atoms with Gasteiger partial charge in [-0.1, -0.05) is 85.2 Å². The van der Waals surface area contributed by atoms with Crippen LogP contribution in [0.15, 0.2) is 30.3 Å². The zero-order valence-electron chi connectivity index (χ0n) is 34.3. The second-order valence-corrected chi connectivity index (χ2v) is 15.2. The van der Waals surface area contributed by atoms with Crippen molar-refractivity contribution >= 4 is 29.4 Å². The van der Waals surface area contributed by atoms with E-state index in [1.54, 1.807) is 69.1 Å². The number of likely N-dealkylation sites (N-methyl/N-ethyl adjacent to an activating group) is 2. The first-order valence-electron chi connectivity index (χ1n) is 19.0. The molecule has 1 aliphatic rings. The van der Waals surface area contributed by atoms with E-state index in [0.717, 1.165) is 0 Å². The molecule has 1 unspecified atom stereocenters. The summed E-state index contributed by atoms with van der Waals surface area (Å²) in [4.78, 5) is 71.5. The first-order valence-corrected chi connectivity index (χ1v) is 19.0. The number of ether oxygens (including phenoxy) is 3. The van der Waals surface area contributed by atoms with Crippen LogP contribution in [0.25, 0.3) is 0 Å². The molecule has 300 valence electrons. The number of hydrogen-bond donors (Lipinski definition) is 3. The van der Waals surface area contributed by atoms with Crippen LogP contribution in [-0.4, -0.2) is 130 Å². The molecule has 1 heterocycles.